The second kappa shape index (κ2) is 9.54. The molecule has 0 atom stereocenters. The standard InChI is InChI=1S/C33H33N5/c1-22-11-9-15-30(24(22)3)36-16-18-37(19-17-36)33-27(20-26-12-6-5-10-23(26)2)25(4)28(21-34)32-35-29-13-7-8-14-31(29)38(32)33/h5-15H,16-20H2,1-4H3. The number of aryl methyl sites for hydroxylation is 2. The van der Waals surface area contributed by atoms with Crippen LogP contribution in [0.1, 0.15) is 38.9 Å². The van der Waals surface area contributed by atoms with E-state index in [0.717, 1.165) is 54.8 Å². The first kappa shape index (κ1) is 24.1. The van der Waals surface area contributed by atoms with Gasteiger partial charge in [0, 0.05) is 43.9 Å². The molecule has 2 aromatic heterocycles. The van der Waals surface area contributed by atoms with Gasteiger partial charge in [0.1, 0.15) is 11.9 Å². The van der Waals surface area contributed by atoms with E-state index in [9.17, 15) is 5.26 Å². The van der Waals surface area contributed by atoms with Crippen LogP contribution in [0.25, 0.3) is 16.7 Å². The van der Waals surface area contributed by atoms with Gasteiger partial charge in [-0.2, -0.15) is 5.26 Å². The number of pyridine rings is 1. The molecule has 0 unspecified atom stereocenters. The van der Waals surface area contributed by atoms with Crippen LogP contribution in [0.3, 0.4) is 0 Å². The second-order valence-electron chi connectivity index (χ2n) is 10.5. The highest BCUT2D eigenvalue weighted by atomic mass is 15.3. The molecular weight excluding hydrogens is 466 g/mol. The molecule has 0 saturated carbocycles. The molecule has 3 aromatic carbocycles. The van der Waals surface area contributed by atoms with E-state index in [1.54, 1.807) is 0 Å². The molecule has 38 heavy (non-hydrogen) atoms. The molecule has 1 fully saturated rings. The minimum Gasteiger partial charge on any atom is -0.368 e. The van der Waals surface area contributed by atoms with Crippen molar-refractivity contribution in [2.75, 3.05) is 36.0 Å². The van der Waals surface area contributed by atoms with Gasteiger partial charge in [0.15, 0.2) is 5.65 Å². The maximum absolute atomic E-state index is 10.3. The number of aromatic nitrogens is 2. The molecule has 5 heteroatoms. The topological polar surface area (TPSA) is 47.6 Å². The Balaban J connectivity index is 1.51. The maximum atomic E-state index is 10.3. The van der Waals surface area contributed by atoms with Gasteiger partial charge in [-0.3, -0.25) is 4.40 Å². The molecule has 5 aromatic rings. The number of rotatable bonds is 4. The van der Waals surface area contributed by atoms with Crippen molar-refractivity contribution in [2.45, 2.75) is 34.1 Å². The lowest BCUT2D eigenvalue weighted by molar-refractivity contribution is 0.641. The van der Waals surface area contributed by atoms with Crippen molar-refractivity contribution in [3.63, 3.8) is 0 Å². The predicted molar refractivity (Wildman–Crippen MR) is 156 cm³/mol. The summed E-state index contributed by atoms with van der Waals surface area (Å²) in [5.41, 5.74) is 12.2. The van der Waals surface area contributed by atoms with Gasteiger partial charge in [-0.05, 0) is 73.7 Å². The van der Waals surface area contributed by atoms with Gasteiger partial charge in [-0.15, -0.1) is 0 Å². The Bertz CT molecular complexity index is 1710. The third-order valence-electron chi connectivity index (χ3n) is 8.33. The molecule has 1 aliphatic heterocycles. The van der Waals surface area contributed by atoms with Gasteiger partial charge >= 0.3 is 0 Å². The van der Waals surface area contributed by atoms with Crippen LogP contribution in [0.2, 0.25) is 0 Å². The van der Waals surface area contributed by atoms with Crippen molar-refractivity contribution in [2.24, 2.45) is 0 Å². The zero-order valence-corrected chi connectivity index (χ0v) is 22.6. The van der Waals surface area contributed by atoms with Crippen LogP contribution in [0.4, 0.5) is 11.5 Å². The van der Waals surface area contributed by atoms with Crippen LogP contribution < -0.4 is 9.80 Å². The van der Waals surface area contributed by atoms with Crippen LogP contribution in [-0.4, -0.2) is 35.6 Å². The van der Waals surface area contributed by atoms with Gasteiger partial charge in [0.05, 0.1) is 16.6 Å². The Morgan fingerprint density at radius 2 is 1.45 bits per heavy atom. The third kappa shape index (κ3) is 3.88. The van der Waals surface area contributed by atoms with Crippen LogP contribution in [0.5, 0.6) is 0 Å². The summed E-state index contributed by atoms with van der Waals surface area (Å²) in [4.78, 5) is 9.99. The summed E-state index contributed by atoms with van der Waals surface area (Å²) < 4.78 is 2.25. The Kier molecular flexibility index (Phi) is 6.04. The minimum absolute atomic E-state index is 0.669. The minimum atomic E-state index is 0.669. The van der Waals surface area contributed by atoms with Crippen LogP contribution >= 0.6 is 0 Å². The van der Waals surface area contributed by atoms with Crippen LogP contribution in [0, 0.1) is 39.0 Å². The van der Waals surface area contributed by atoms with Crippen molar-refractivity contribution in [3.8, 4) is 6.07 Å². The third-order valence-corrected chi connectivity index (χ3v) is 8.33. The highest BCUT2D eigenvalue weighted by Gasteiger charge is 2.27. The van der Waals surface area contributed by atoms with Gasteiger partial charge in [0.25, 0.3) is 0 Å². The monoisotopic (exact) mass is 499 g/mol. The molecule has 1 saturated heterocycles. The van der Waals surface area contributed by atoms with Crippen molar-refractivity contribution >= 4 is 28.2 Å². The predicted octanol–water partition coefficient (Wildman–Crippen LogP) is 6.51. The smallest absolute Gasteiger partial charge is 0.157 e. The first-order valence-electron chi connectivity index (χ1n) is 13.4. The number of hydrogen-bond acceptors (Lipinski definition) is 4. The summed E-state index contributed by atoms with van der Waals surface area (Å²) in [7, 11) is 0. The number of nitrogens with zero attached hydrogens (tertiary/aromatic N) is 5. The van der Waals surface area contributed by atoms with Crippen molar-refractivity contribution < 1.29 is 0 Å². The molecule has 0 N–H and O–H groups in total. The fourth-order valence-electron chi connectivity index (χ4n) is 5.94. The summed E-state index contributed by atoms with van der Waals surface area (Å²) in [6, 6.07) is 25.9. The highest BCUT2D eigenvalue weighted by molar-refractivity contribution is 5.86. The average molecular weight is 500 g/mol. The Morgan fingerprint density at radius 3 is 2.21 bits per heavy atom. The van der Waals surface area contributed by atoms with E-state index in [-0.39, 0.29) is 0 Å². The number of piperazine rings is 1. The molecule has 0 amide bonds. The molecule has 0 bridgehead atoms. The fraction of sp³-hybridized carbons (Fsp3) is 0.273. The normalized spacial score (nSPS) is 13.9. The lowest BCUT2D eigenvalue weighted by atomic mass is 9.95. The Morgan fingerprint density at radius 1 is 0.763 bits per heavy atom. The Labute approximate surface area is 224 Å². The van der Waals surface area contributed by atoms with E-state index in [1.165, 1.54) is 39.3 Å². The lowest BCUT2D eigenvalue weighted by Crippen LogP contribution is -2.47. The average Bonchev–Trinajstić information content (AvgIpc) is 3.31. The number of benzene rings is 3. The van der Waals surface area contributed by atoms with E-state index >= 15 is 0 Å². The highest BCUT2D eigenvalue weighted by Crippen LogP contribution is 2.36. The van der Waals surface area contributed by atoms with E-state index in [0.29, 0.717) is 5.56 Å². The molecule has 0 radical (unpaired) electrons. The molecule has 6 rings (SSSR count). The van der Waals surface area contributed by atoms with Crippen LogP contribution in [0.15, 0.2) is 66.7 Å². The molecule has 190 valence electrons. The van der Waals surface area contributed by atoms with Gasteiger partial charge in [-0.1, -0.05) is 48.5 Å². The number of para-hydroxylation sites is 2. The molecule has 5 nitrogen and oxygen atoms in total. The Hall–Kier alpha value is -4.30. The first-order chi connectivity index (χ1) is 18.5. The molecule has 0 aliphatic carbocycles. The molecule has 1 aliphatic rings. The number of nitriles is 1. The van der Waals surface area contributed by atoms with E-state index in [4.69, 9.17) is 4.98 Å². The van der Waals surface area contributed by atoms with Gasteiger partial charge in [0.2, 0.25) is 0 Å². The van der Waals surface area contributed by atoms with Gasteiger partial charge in [-0.25, -0.2) is 4.98 Å². The zero-order valence-electron chi connectivity index (χ0n) is 22.6. The lowest BCUT2D eigenvalue weighted by Gasteiger charge is -2.39. The fourth-order valence-corrected chi connectivity index (χ4v) is 5.94. The zero-order chi connectivity index (χ0) is 26.4. The molecule has 0 spiro atoms. The second-order valence-corrected chi connectivity index (χ2v) is 10.5. The SMILES string of the molecule is Cc1ccccc1Cc1c(C)c(C#N)c2nc3ccccc3n2c1N1CCN(c2cccc(C)c2C)CC1. The van der Waals surface area contributed by atoms with Crippen LogP contribution in [-0.2, 0) is 6.42 Å². The maximum Gasteiger partial charge on any atom is 0.157 e. The number of imidazole rings is 1. The number of anilines is 2. The first-order valence-corrected chi connectivity index (χ1v) is 13.4. The summed E-state index contributed by atoms with van der Waals surface area (Å²) in [5, 5.41) is 10.3. The molecular formula is C33H33N5. The summed E-state index contributed by atoms with van der Waals surface area (Å²) >= 11 is 0. The van der Waals surface area contributed by atoms with Crippen molar-refractivity contribution in [3.05, 3.63) is 106 Å². The van der Waals surface area contributed by atoms with E-state index in [2.05, 4.69) is 103 Å². The van der Waals surface area contributed by atoms with Gasteiger partial charge < -0.3 is 9.80 Å². The van der Waals surface area contributed by atoms with Crippen molar-refractivity contribution in [1.29, 1.82) is 5.26 Å². The largest absolute Gasteiger partial charge is 0.368 e. The van der Waals surface area contributed by atoms with Crippen molar-refractivity contribution in [1.82, 2.24) is 9.38 Å². The summed E-state index contributed by atoms with van der Waals surface area (Å²) in [5.74, 6) is 1.18. The summed E-state index contributed by atoms with van der Waals surface area (Å²) in [6.07, 6.45) is 0.780. The number of fused-ring (bicyclic) bond motifs is 3. The summed E-state index contributed by atoms with van der Waals surface area (Å²) in [6.45, 7) is 12.4. The quantitative estimate of drug-likeness (QED) is 0.283. The molecule has 3 heterocycles. The number of hydrogen-bond donors (Lipinski definition) is 0. The van der Waals surface area contributed by atoms with E-state index in [1.807, 2.05) is 12.1 Å². The van der Waals surface area contributed by atoms with E-state index < -0.39 is 0 Å².